The van der Waals surface area contributed by atoms with Crippen molar-refractivity contribution in [2.75, 3.05) is 34.5 Å². The van der Waals surface area contributed by atoms with E-state index in [-0.39, 0.29) is 0 Å². The Labute approximate surface area is 182 Å². The monoisotopic (exact) mass is 401 g/mol. The quantitative estimate of drug-likeness (QED) is 0.519. The lowest BCUT2D eigenvalue weighted by Gasteiger charge is -2.34. The molecule has 0 unspecified atom stereocenters. The maximum atomic E-state index is 2.49. The van der Waals surface area contributed by atoms with E-state index in [9.17, 15) is 0 Å². The summed E-state index contributed by atoms with van der Waals surface area (Å²) in [6.45, 7) is 16.6. The van der Waals surface area contributed by atoms with Gasteiger partial charge in [0, 0.05) is 30.5 Å². The van der Waals surface area contributed by atoms with Crippen molar-refractivity contribution >= 4 is 23.1 Å². The van der Waals surface area contributed by atoms with Crippen LogP contribution in [0.5, 0.6) is 0 Å². The fourth-order valence-corrected chi connectivity index (χ4v) is 4.79. The van der Waals surface area contributed by atoms with Gasteiger partial charge in [-0.05, 0) is 49.0 Å². The molecule has 0 amide bonds. The predicted molar refractivity (Wildman–Crippen MR) is 132 cm³/mol. The Morgan fingerprint density at radius 1 is 0.833 bits per heavy atom. The maximum absolute atomic E-state index is 2.49. The van der Waals surface area contributed by atoms with E-state index in [1.807, 2.05) is 0 Å². The van der Waals surface area contributed by atoms with Crippen LogP contribution < -0.4 is 14.7 Å². The molecule has 2 aliphatic rings. The molecule has 3 heteroatoms. The Hall–Kier alpha value is -2.68. The third-order valence-corrected chi connectivity index (χ3v) is 6.38. The molecule has 0 aliphatic carbocycles. The number of allylic oxidation sites excluding steroid dienone is 1. The van der Waals surface area contributed by atoms with Crippen molar-refractivity contribution in [3.8, 4) is 0 Å². The standard InChI is InChI=1S/C27H35N3/c1-7-28(8-2)25-14-9-11-21-15-16-22-17-29(18-30(22)26(21)25)27-23(19(3)4)12-10-13-24(27)20(5)6/h9-17,19-20H,7-8,18H2,1-6H3. The molecule has 2 aromatic rings. The summed E-state index contributed by atoms with van der Waals surface area (Å²) in [5, 5.41) is 0. The molecule has 0 saturated heterocycles. The van der Waals surface area contributed by atoms with Crippen LogP contribution in [0.15, 0.2) is 54.4 Å². The highest BCUT2D eigenvalue weighted by Gasteiger charge is 2.31. The van der Waals surface area contributed by atoms with Gasteiger partial charge in [0.05, 0.1) is 23.7 Å². The fourth-order valence-electron chi connectivity index (χ4n) is 4.79. The molecule has 4 rings (SSSR count). The summed E-state index contributed by atoms with van der Waals surface area (Å²) in [4.78, 5) is 7.42. The number of hydrogen-bond acceptors (Lipinski definition) is 3. The molecule has 30 heavy (non-hydrogen) atoms. The minimum absolute atomic E-state index is 0.490. The Balaban J connectivity index is 1.80. The molecule has 0 atom stereocenters. The largest absolute Gasteiger partial charge is 0.370 e. The molecule has 0 N–H and O–H groups in total. The van der Waals surface area contributed by atoms with E-state index < -0.39 is 0 Å². The highest BCUT2D eigenvalue weighted by Crippen LogP contribution is 2.44. The molecule has 0 bridgehead atoms. The molecule has 0 saturated carbocycles. The van der Waals surface area contributed by atoms with Crippen LogP contribution in [0.3, 0.4) is 0 Å². The van der Waals surface area contributed by atoms with E-state index in [1.54, 1.807) is 0 Å². The van der Waals surface area contributed by atoms with E-state index in [2.05, 4.69) is 111 Å². The van der Waals surface area contributed by atoms with Gasteiger partial charge in [-0.2, -0.15) is 0 Å². The summed E-state index contributed by atoms with van der Waals surface area (Å²) >= 11 is 0. The van der Waals surface area contributed by atoms with Crippen molar-refractivity contribution in [1.29, 1.82) is 0 Å². The van der Waals surface area contributed by atoms with Crippen LogP contribution >= 0.6 is 0 Å². The van der Waals surface area contributed by atoms with Crippen molar-refractivity contribution in [1.82, 2.24) is 0 Å². The lowest BCUT2D eigenvalue weighted by atomic mass is 9.92. The summed E-state index contributed by atoms with van der Waals surface area (Å²) in [5.74, 6) is 0.979. The Kier molecular flexibility index (Phi) is 5.64. The van der Waals surface area contributed by atoms with Gasteiger partial charge in [-0.15, -0.1) is 0 Å². The number of benzene rings is 2. The van der Waals surface area contributed by atoms with E-state index in [0.29, 0.717) is 11.8 Å². The second kappa shape index (κ2) is 8.22. The number of hydrogen-bond donors (Lipinski definition) is 0. The van der Waals surface area contributed by atoms with Crippen molar-refractivity contribution in [3.05, 3.63) is 71.1 Å². The van der Waals surface area contributed by atoms with Crippen LogP contribution in [0.25, 0.3) is 6.08 Å². The van der Waals surface area contributed by atoms with E-state index in [0.717, 1.165) is 19.8 Å². The second-order valence-electron chi connectivity index (χ2n) is 8.91. The number of anilines is 3. The third-order valence-electron chi connectivity index (χ3n) is 6.38. The predicted octanol–water partition coefficient (Wildman–Crippen LogP) is 6.93. The first-order chi connectivity index (χ1) is 14.5. The molecule has 2 aromatic carbocycles. The Bertz CT molecular complexity index is 953. The summed E-state index contributed by atoms with van der Waals surface area (Å²) in [6, 6.07) is 13.5. The molecule has 0 spiro atoms. The number of rotatable bonds is 6. The summed E-state index contributed by atoms with van der Waals surface area (Å²) in [7, 11) is 0. The fraction of sp³-hybridized carbons (Fsp3) is 0.407. The van der Waals surface area contributed by atoms with Gasteiger partial charge in [-0.1, -0.05) is 64.1 Å². The van der Waals surface area contributed by atoms with Gasteiger partial charge in [-0.25, -0.2) is 0 Å². The number of fused-ring (bicyclic) bond motifs is 3. The topological polar surface area (TPSA) is 9.72 Å². The smallest absolute Gasteiger partial charge is 0.0996 e. The highest BCUT2D eigenvalue weighted by atomic mass is 15.4. The average molecular weight is 402 g/mol. The van der Waals surface area contributed by atoms with E-state index >= 15 is 0 Å². The van der Waals surface area contributed by atoms with Gasteiger partial charge in [-0.3, -0.25) is 0 Å². The lowest BCUT2D eigenvalue weighted by molar-refractivity contribution is 0.814. The normalized spacial score (nSPS) is 15.0. The summed E-state index contributed by atoms with van der Waals surface area (Å²) in [5.41, 5.74) is 9.49. The number of para-hydroxylation sites is 2. The first-order valence-electron chi connectivity index (χ1n) is 11.4. The molecule has 158 valence electrons. The van der Waals surface area contributed by atoms with E-state index in [4.69, 9.17) is 0 Å². The molecule has 0 fully saturated rings. The average Bonchev–Trinajstić information content (AvgIpc) is 3.18. The van der Waals surface area contributed by atoms with Crippen LogP contribution in [0.4, 0.5) is 17.1 Å². The minimum atomic E-state index is 0.490. The molecule has 0 aromatic heterocycles. The van der Waals surface area contributed by atoms with Crippen molar-refractivity contribution in [3.63, 3.8) is 0 Å². The maximum Gasteiger partial charge on any atom is 0.0996 e. The van der Waals surface area contributed by atoms with Crippen LogP contribution in [-0.2, 0) is 0 Å². The SMILES string of the molecule is CCN(CC)c1cccc2c1N1CN(c3c(C(C)C)cccc3C(C)C)C=C1C=C2. The Morgan fingerprint density at radius 3 is 2.07 bits per heavy atom. The zero-order chi connectivity index (χ0) is 21.4. The van der Waals surface area contributed by atoms with Crippen LogP contribution in [-0.4, -0.2) is 19.8 Å². The lowest BCUT2D eigenvalue weighted by Crippen LogP contribution is -2.32. The van der Waals surface area contributed by atoms with Crippen LogP contribution in [0, 0.1) is 0 Å². The van der Waals surface area contributed by atoms with Gasteiger partial charge < -0.3 is 14.7 Å². The first kappa shape index (κ1) is 20.6. The van der Waals surface area contributed by atoms with Crippen molar-refractivity contribution in [2.24, 2.45) is 0 Å². The summed E-state index contributed by atoms with van der Waals surface area (Å²) in [6.07, 6.45) is 6.87. The van der Waals surface area contributed by atoms with Crippen LogP contribution in [0.2, 0.25) is 0 Å². The van der Waals surface area contributed by atoms with Gasteiger partial charge in [0.1, 0.15) is 0 Å². The van der Waals surface area contributed by atoms with Gasteiger partial charge in [0.2, 0.25) is 0 Å². The second-order valence-corrected chi connectivity index (χ2v) is 8.91. The van der Waals surface area contributed by atoms with Crippen LogP contribution in [0.1, 0.15) is 70.1 Å². The minimum Gasteiger partial charge on any atom is -0.370 e. The highest BCUT2D eigenvalue weighted by molar-refractivity contribution is 5.88. The zero-order valence-electron chi connectivity index (χ0n) is 19.3. The molecule has 2 heterocycles. The van der Waals surface area contributed by atoms with Crippen molar-refractivity contribution in [2.45, 2.75) is 53.4 Å². The summed E-state index contributed by atoms with van der Waals surface area (Å²) < 4.78 is 0. The molecule has 3 nitrogen and oxygen atoms in total. The van der Waals surface area contributed by atoms with Gasteiger partial charge in [0.15, 0.2) is 0 Å². The number of nitrogens with zero attached hydrogens (tertiary/aromatic N) is 3. The molecular formula is C27H35N3. The van der Waals surface area contributed by atoms with Gasteiger partial charge in [0.25, 0.3) is 0 Å². The molecule has 0 radical (unpaired) electrons. The zero-order valence-corrected chi connectivity index (χ0v) is 19.3. The first-order valence-corrected chi connectivity index (χ1v) is 11.4. The van der Waals surface area contributed by atoms with Crippen molar-refractivity contribution < 1.29 is 0 Å². The third kappa shape index (κ3) is 3.40. The van der Waals surface area contributed by atoms with E-state index in [1.165, 1.54) is 39.4 Å². The molecular weight excluding hydrogens is 366 g/mol. The Morgan fingerprint density at radius 2 is 1.47 bits per heavy atom. The molecule has 2 aliphatic heterocycles. The van der Waals surface area contributed by atoms with Gasteiger partial charge >= 0.3 is 0 Å².